The summed E-state index contributed by atoms with van der Waals surface area (Å²) in [7, 11) is 0. The molecule has 2 aromatic rings. The normalized spacial score (nSPS) is 17.5. The Morgan fingerprint density at radius 1 is 1.14 bits per heavy atom. The molecule has 0 aliphatic carbocycles. The Balaban J connectivity index is 1.47. The number of carbonyl (C=O) groups is 2. The molecule has 0 unspecified atom stereocenters. The van der Waals surface area contributed by atoms with Gasteiger partial charge in [-0.15, -0.1) is 0 Å². The lowest BCUT2D eigenvalue weighted by molar-refractivity contribution is -0.131. The fourth-order valence-electron chi connectivity index (χ4n) is 4.13. The fourth-order valence-corrected chi connectivity index (χ4v) is 4.13. The van der Waals surface area contributed by atoms with E-state index in [-0.39, 0.29) is 11.8 Å². The highest BCUT2D eigenvalue weighted by molar-refractivity contribution is 5.94. The Kier molecular flexibility index (Phi) is 5.20. The molecule has 6 nitrogen and oxygen atoms in total. The number of likely N-dealkylation sites (tertiary alicyclic amines) is 1. The second-order valence-electron chi connectivity index (χ2n) is 8.17. The molecule has 6 heteroatoms. The number of nitrogens with one attached hydrogen (secondary N) is 1. The van der Waals surface area contributed by atoms with Crippen molar-refractivity contribution in [2.24, 2.45) is 5.92 Å². The zero-order chi connectivity index (χ0) is 19.7. The largest absolute Gasteiger partial charge is 0.338 e. The summed E-state index contributed by atoms with van der Waals surface area (Å²) >= 11 is 0. The van der Waals surface area contributed by atoms with Crippen LogP contribution in [0.5, 0.6) is 0 Å². The van der Waals surface area contributed by atoms with Crippen LogP contribution in [0.4, 0.5) is 0 Å². The molecule has 4 rings (SSSR count). The van der Waals surface area contributed by atoms with Gasteiger partial charge >= 0.3 is 0 Å². The van der Waals surface area contributed by atoms with Crippen molar-refractivity contribution in [1.29, 1.82) is 0 Å². The molecule has 0 bridgehead atoms. The molecule has 0 saturated carbocycles. The van der Waals surface area contributed by atoms with Crippen LogP contribution in [0.1, 0.15) is 52.6 Å². The number of nitrogens with zero attached hydrogens (tertiary/aromatic N) is 3. The molecule has 2 aliphatic rings. The lowest BCUT2D eigenvalue weighted by Gasteiger charge is -2.31. The van der Waals surface area contributed by atoms with Crippen LogP contribution in [-0.2, 0) is 24.2 Å². The minimum atomic E-state index is -0.00222. The molecule has 1 fully saturated rings. The van der Waals surface area contributed by atoms with Gasteiger partial charge in [-0.2, -0.15) is 5.10 Å². The van der Waals surface area contributed by atoms with Gasteiger partial charge < -0.3 is 9.80 Å². The van der Waals surface area contributed by atoms with Crippen molar-refractivity contribution in [2.75, 3.05) is 19.6 Å². The number of benzene rings is 1. The first kappa shape index (κ1) is 18.7. The molecule has 0 atom stereocenters. The highest BCUT2D eigenvalue weighted by atomic mass is 16.2. The zero-order valence-corrected chi connectivity index (χ0v) is 16.7. The third kappa shape index (κ3) is 3.68. The average molecular weight is 380 g/mol. The molecule has 0 radical (unpaired) electrons. The second-order valence-corrected chi connectivity index (χ2v) is 8.17. The van der Waals surface area contributed by atoms with Gasteiger partial charge in [0.15, 0.2) is 5.69 Å². The molecule has 1 aromatic heterocycles. The van der Waals surface area contributed by atoms with E-state index in [0.29, 0.717) is 37.5 Å². The van der Waals surface area contributed by atoms with Crippen molar-refractivity contribution >= 4 is 11.8 Å². The summed E-state index contributed by atoms with van der Waals surface area (Å²) in [6.45, 7) is 6.96. The highest BCUT2D eigenvalue weighted by Crippen LogP contribution is 2.24. The Hall–Kier alpha value is -2.63. The summed E-state index contributed by atoms with van der Waals surface area (Å²) in [6.07, 6.45) is 3.19. The Morgan fingerprint density at radius 2 is 1.89 bits per heavy atom. The lowest BCUT2D eigenvalue weighted by atomic mass is 9.98. The smallest absolute Gasteiger partial charge is 0.274 e. The summed E-state index contributed by atoms with van der Waals surface area (Å²) in [6, 6.07) is 7.99. The van der Waals surface area contributed by atoms with E-state index in [2.05, 4.69) is 17.1 Å². The minimum Gasteiger partial charge on any atom is -0.338 e. The highest BCUT2D eigenvalue weighted by Gasteiger charge is 2.31. The Labute approximate surface area is 165 Å². The van der Waals surface area contributed by atoms with Gasteiger partial charge in [0.05, 0.1) is 6.42 Å². The Morgan fingerprint density at radius 3 is 2.64 bits per heavy atom. The van der Waals surface area contributed by atoms with Crippen molar-refractivity contribution in [3.05, 3.63) is 52.3 Å². The molecule has 1 N–H and O–H groups in total. The van der Waals surface area contributed by atoms with Gasteiger partial charge in [-0.1, -0.05) is 31.2 Å². The van der Waals surface area contributed by atoms with Crippen LogP contribution >= 0.6 is 0 Å². The fraction of sp³-hybridized carbons (Fsp3) is 0.500. The van der Waals surface area contributed by atoms with Crippen LogP contribution in [0.3, 0.4) is 0 Å². The molecule has 2 aliphatic heterocycles. The lowest BCUT2D eigenvalue weighted by Crippen LogP contribution is -2.40. The number of rotatable bonds is 3. The van der Waals surface area contributed by atoms with Crippen molar-refractivity contribution in [3.63, 3.8) is 0 Å². The summed E-state index contributed by atoms with van der Waals surface area (Å²) in [5.74, 6) is 0.774. The first-order chi connectivity index (χ1) is 13.5. The number of aryl methyl sites for hydroxylation is 1. The van der Waals surface area contributed by atoms with Crippen LogP contribution in [0, 0.1) is 12.8 Å². The van der Waals surface area contributed by atoms with E-state index in [1.165, 1.54) is 0 Å². The van der Waals surface area contributed by atoms with Gasteiger partial charge in [0.1, 0.15) is 0 Å². The van der Waals surface area contributed by atoms with Gasteiger partial charge in [-0.05, 0) is 36.8 Å². The first-order valence-electron chi connectivity index (χ1n) is 10.2. The van der Waals surface area contributed by atoms with Gasteiger partial charge in [0.2, 0.25) is 5.91 Å². The standard InChI is InChI=1S/C22H28N4O2/c1-15-7-10-25(11-8-15)22(28)21-18-14-26(12-9-19(18)23-24-21)20(27)13-17-6-4-3-5-16(17)2/h3-6,15H,7-14H2,1-2H3,(H,23,24). The maximum Gasteiger partial charge on any atom is 0.274 e. The maximum atomic E-state index is 13.0. The number of amides is 2. The average Bonchev–Trinajstić information content (AvgIpc) is 3.13. The molecule has 148 valence electrons. The summed E-state index contributed by atoms with van der Waals surface area (Å²) in [5.41, 5.74) is 4.58. The molecule has 2 amide bonds. The van der Waals surface area contributed by atoms with E-state index in [9.17, 15) is 9.59 Å². The summed E-state index contributed by atoms with van der Waals surface area (Å²) in [5, 5.41) is 7.37. The molecule has 1 aromatic carbocycles. The summed E-state index contributed by atoms with van der Waals surface area (Å²) < 4.78 is 0. The third-order valence-corrected chi connectivity index (χ3v) is 6.16. The van der Waals surface area contributed by atoms with Crippen LogP contribution < -0.4 is 0 Å². The number of piperidine rings is 1. The number of H-pyrrole nitrogens is 1. The van der Waals surface area contributed by atoms with Crippen LogP contribution in [0.15, 0.2) is 24.3 Å². The topological polar surface area (TPSA) is 69.3 Å². The van der Waals surface area contributed by atoms with Gasteiger partial charge in [-0.25, -0.2) is 0 Å². The van der Waals surface area contributed by atoms with Crippen molar-refractivity contribution in [1.82, 2.24) is 20.0 Å². The SMILES string of the molecule is Cc1ccccc1CC(=O)N1CCc2[nH]nc(C(=O)N3CCC(C)CC3)c2C1. The van der Waals surface area contributed by atoms with Crippen molar-refractivity contribution in [3.8, 4) is 0 Å². The molecular weight excluding hydrogens is 352 g/mol. The zero-order valence-electron chi connectivity index (χ0n) is 16.7. The molecule has 3 heterocycles. The van der Waals surface area contributed by atoms with Crippen LogP contribution in [0.2, 0.25) is 0 Å². The maximum absolute atomic E-state index is 13.0. The predicted octanol–water partition coefficient (Wildman–Crippen LogP) is 2.72. The van der Waals surface area contributed by atoms with E-state index in [4.69, 9.17) is 0 Å². The van der Waals surface area contributed by atoms with E-state index < -0.39 is 0 Å². The number of hydrogen-bond acceptors (Lipinski definition) is 3. The quantitative estimate of drug-likeness (QED) is 0.890. The van der Waals surface area contributed by atoms with Gasteiger partial charge in [0.25, 0.3) is 5.91 Å². The first-order valence-corrected chi connectivity index (χ1v) is 10.2. The predicted molar refractivity (Wildman–Crippen MR) is 107 cm³/mol. The van der Waals surface area contributed by atoms with E-state index in [0.717, 1.165) is 48.3 Å². The molecule has 1 saturated heterocycles. The second kappa shape index (κ2) is 7.78. The van der Waals surface area contributed by atoms with Gasteiger partial charge in [-0.3, -0.25) is 14.7 Å². The van der Waals surface area contributed by atoms with E-state index in [1.807, 2.05) is 41.0 Å². The molecule has 28 heavy (non-hydrogen) atoms. The monoisotopic (exact) mass is 380 g/mol. The number of hydrogen-bond donors (Lipinski definition) is 1. The van der Waals surface area contributed by atoms with E-state index in [1.54, 1.807) is 0 Å². The minimum absolute atomic E-state index is 0.00222. The van der Waals surface area contributed by atoms with Crippen molar-refractivity contribution in [2.45, 2.75) is 46.1 Å². The van der Waals surface area contributed by atoms with Gasteiger partial charge in [0, 0.05) is 43.9 Å². The van der Waals surface area contributed by atoms with E-state index >= 15 is 0 Å². The molecule has 0 spiro atoms. The number of aromatic amines is 1. The van der Waals surface area contributed by atoms with Crippen LogP contribution in [-0.4, -0.2) is 51.4 Å². The third-order valence-electron chi connectivity index (χ3n) is 6.16. The number of carbonyl (C=O) groups excluding carboxylic acids is 2. The summed E-state index contributed by atoms with van der Waals surface area (Å²) in [4.78, 5) is 29.6. The van der Waals surface area contributed by atoms with Crippen molar-refractivity contribution < 1.29 is 9.59 Å². The van der Waals surface area contributed by atoms with Crippen LogP contribution in [0.25, 0.3) is 0 Å². The Bertz CT molecular complexity index is 880. The molecular formula is C22H28N4O2. The number of aromatic nitrogens is 2. The number of fused-ring (bicyclic) bond motifs is 1.